The summed E-state index contributed by atoms with van der Waals surface area (Å²) in [6.07, 6.45) is 6.17. The number of unbranched alkanes of at least 4 members (excludes halogenated alkanes) is 1. The number of rotatable bonds is 7. The van der Waals surface area contributed by atoms with Gasteiger partial charge in [0.05, 0.1) is 6.10 Å². The van der Waals surface area contributed by atoms with Crippen LogP contribution in [0.2, 0.25) is 0 Å². The van der Waals surface area contributed by atoms with Crippen molar-refractivity contribution in [2.24, 2.45) is 10.4 Å². The van der Waals surface area contributed by atoms with Gasteiger partial charge in [-0.1, -0.05) is 27.2 Å². The second-order valence-corrected chi connectivity index (χ2v) is 8.59. The largest absolute Gasteiger partial charge is 0.378 e. The van der Waals surface area contributed by atoms with E-state index in [9.17, 15) is 0 Å². The third-order valence-corrected chi connectivity index (χ3v) is 6.13. The lowest BCUT2D eigenvalue weighted by Gasteiger charge is -2.52. The normalized spacial score (nSPS) is 27.0. The maximum atomic E-state index is 6.06. The van der Waals surface area contributed by atoms with Crippen molar-refractivity contribution in [2.75, 3.05) is 26.7 Å². The van der Waals surface area contributed by atoms with Crippen molar-refractivity contribution in [2.45, 2.75) is 91.0 Å². The third-order valence-electron chi connectivity index (χ3n) is 6.13. The predicted molar refractivity (Wildman–Crippen MR) is 122 cm³/mol. The number of halogens is 1. The van der Waals surface area contributed by atoms with E-state index in [-0.39, 0.29) is 29.4 Å². The van der Waals surface area contributed by atoms with E-state index in [1.807, 2.05) is 7.05 Å². The fourth-order valence-corrected chi connectivity index (χ4v) is 3.87. The molecule has 2 N–H and O–H groups in total. The molecule has 0 amide bonds. The molecule has 1 aliphatic carbocycles. The topological polar surface area (TPSA) is 48.9 Å². The number of hydrogen-bond donors (Lipinski definition) is 2. The Hall–Kier alpha value is -0.0800. The van der Waals surface area contributed by atoms with Crippen LogP contribution < -0.4 is 10.6 Å². The number of likely N-dealkylation sites (tertiary alicyclic amines) is 1. The molecule has 6 heteroatoms. The lowest BCUT2D eigenvalue weighted by Crippen LogP contribution is -2.64. The van der Waals surface area contributed by atoms with E-state index in [2.05, 4.69) is 55.1 Å². The molecule has 0 aromatic rings. The number of aliphatic imine (C=N–C) groups is 1. The maximum absolute atomic E-state index is 6.06. The first-order valence-electron chi connectivity index (χ1n) is 10.2. The Morgan fingerprint density at radius 2 is 1.88 bits per heavy atom. The van der Waals surface area contributed by atoms with Gasteiger partial charge in [-0.3, -0.25) is 4.99 Å². The molecule has 2 atom stereocenters. The van der Waals surface area contributed by atoms with Gasteiger partial charge in [0.2, 0.25) is 0 Å². The second kappa shape index (κ2) is 11.1. The number of nitrogens with zero attached hydrogens (tertiary/aromatic N) is 2. The smallest absolute Gasteiger partial charge is 0.191 e. The summed E-state index contributed by atoms with van der Waals surface area (Å²) in [6.45, 7) is 14.6. The minimum absolute atomic E-state index is 0. The Kier molecular flexibility index (Phi) is 10.2. The van der Waals surface area contributed by atoms with Crippen LogP contribution in [0.15, 0.2) is 4.99 Å². The van der Waals surface area contributed by atoms with Crippen LogP contribution in [0.1, 0.15) is 66.7 Å². The first-order chi connectivity index (χ1) is 11.9. The van der Waals surface area contributed by atoms with Gasteiger partial charge in [-0.05, 0) is 39.5 Å². The van der Waals surface area contributed by atoms with E-state index in [4.69, 9.17) is 4.74 Å². The highest BCUT2D eigenvalue weighted by atomic mass is 127. The zero-order valence-electron chi connectivity index (χ0n) is 17.7. The van der Waals surface area contributed by atoms with Crippen molar-refractivity contribution < 1.29 is 4.74 Å². The van der Waals surface area contributed by atoms with Crippen LogP contribution in [-0.2, 0) is 4.74 Å². The first kappa shape index (κ1) is 24.0. The quantitative estimate of drug-likeness (QED) is 0.253. The third kappa shape index (κ3) is 6.23. The van der Waals surface area contributed by atoms with Gasteiger partial charge >= 0.3 is 0 Å². The molecular formula is C20H41IN4O. The van der Waals surface area contributed by atoms with Crippen molar-refractivity contribution in [3.05, 3.63) is 0 Å². The molecule has 1 heterocycles. The minimum Gasteiger partial charge on any atom is -0.378 e. The average molecular weight is 480 g/mol. The molecule has 0 aromatic carbocycles. The van der Waals surface area contributed by atoms with E-state index in [1.54, 1.807) is 0 Å². The van der Waals surface area contributed by atoms with E-state index >= 15 is 0 Å². The number of ether oxygens (including phenoxy) is 1. The highest BCUT2D eigenvalue weighted by Gasteiger charge is 2.49. The van der Waals surface area contributed by atoms with Gasteiger partial charge in [-0.15, -0.1) is 24.0 Å². The molecule has 1 aliphatic heterocycles. The van der Waals surface area contributed by atoms with Gasteiger partial charge < -0.3 is 20.3 Å². The Labute approximate surface area is 178 Å². The predicted octanol–water partition coefficient (Wildman–Crippen LogP) is 3.63. The molecule has 0 aromatic heterocycles. The summed E-state index contributed by atoms with van der Waals surface area (Å²) in [6, 6.07) is 1.61. The molecule has 2 fully saturated rings. The molecule has 1 saturated carbocycles. The molecule has 2 rings (SSSR count). The summed E-state index contributed by atoms with van der Waals surface area (Å²) in [4.78, 5) is 7.02. The Bertz CT molecular complexity index is 434. The Morgan fingerprint density at radius 3 is 2.38 bits per heavy atom. The van der Waals surface area contributed by atoms with Gasteiger partial charge in [0.15, 0.2) is 5.96 Å². The summed E-state index contributed by atoms with van der Waals surface area (Å²) >= 11 is 0. The molecule has 0 spiro atoms. The first-order valence-corrected chi connectivity index (χ1v) is 10.2. The molecule has 2 unspecified atom stereocenters. The molecule has 5 nitrogen and oxygen atoms in total. The van der Waals surface area contributed by atoms with Crippen LogP contribution in [0.4, 0.5) is 0 Å². The summed E-state index contributed by atoms with van der Waals surface area (Å²) in [5, 5.41) is 7.28. The van der Waals surface area contributed by atoms with Crippen LogP contribution >= 0.6 is 24.0 Å². The minimum atomic E-state index is 0. The summed E-state index contributed by atoms with van der Waals surface area (Å²) < 4.78 is 6.06. The van der Waals surface area contributed by atoms with Gasteiger partial charge in [-0.25, -0.2) is 0 Å². The van der Waals surface area contributed by atoms with Crippen LogP contribution in [0.25, 0.3) is 0 Å². The summed E-state index contributed by atoms with van der Waals surface area (Å²) in [5.74, 6) is 0.952. The van der Waals surface area contributed by atoms with E-state index < -0.39 is 0 Å². The fourth-order valence-electron chi connectivity index (χ4n) is 3.87. The van der Waals surface area contributed by atoms with E-state index in [1.165, 1.54) is 32.4 Å². The number of hydrogen-bond acceptors (Lipinski definition) is 3. The number of guanidine groups is 1. The van der Waals surface area contributed by atoms with Crippen molar-refractivity contribution in [1.29, 1.82) is 0 Å². The molecule has 26 heavy (non-hydrogen) atoms. The SMILES string of the molecule is CCCCOC1CC(NC(=NC)NC2CCN(C(C)C)CC2)C1(C)C.I. The maximum Gasteiger partial charge on any atom is 0.191 e. The molecule has 0 radical (unpaired) electrons. The van der Waals surface area contributed by atoms with Crippen LogP contribution in [0.5, 0.6) is 0 Å². The van der Waals surface area contributed by atoms with Gasteiger partial charge in [-0.2, -0.15) is 0 Å². The molecule has 1 saturated heterocycles. The van der Waals surface area contributed by atoms with Gasteiger partial charge in [0.1, 0.15) is 0 Å². The van der Waals surface area contributed by atoms with Gasteiger partial charge in [0.25, 0.3) is 0 Å². The van der Waals surface area contributed by atoms with Crippen molar-refractivity contribution in [3.8, 4) is 0 Å². The summed E-state index contributed by atoms with van der Waals surface area (Å²) in [5.41, 5.74) is 0.159. The van der Waals surface area contributed by atoms with Crippen LogP contribution in [0, 0.1) is 5.41 Å². The second-order valence-electron chi connectivity index (χ2n) is 8.59. The summed E-state index contributed by atoms with van der Waals surface area (Å²) in [7, 11) is 1.87. The van der Waals surface area contributed by atoms with Gasteiger partial charge in [0, 0.05) is 50.3 Å². The molecular weight excluding hydrogens is 439 g/mol. The zero-order chi connectivity index (χ0) is 18.4. The van der Waals surface area contributed by atoms with E-state index in [0.29, 0.717) is 24.2 Å². The van der Waals surface area contributed by atoms with Crippen LogP contribution in [0.3, 0.4) is 0 Å². The lowest BCUT2D eigenvalue weighted by atomic mass is 9.64. The Balaban J connectivity index is 0.00000338. The average Bonchev–Trinajstić information content (AvgIpc) is 2.59. The monoisotopic (exact) mass is 480 g/mol. The fraction of sp³-hybridized carbons (Fsp3) is 0.950. The van der Waals surface area contributed by atoms with E-state index in [0.717, 1.165) is 25.4 Å². The highest BCUT2D eigenvalue weighted by Crippen LogP contribution is 2.42. The van der Waals surface area contributed by atoms with Crippen molar-refractivity contribution in [1.82, 2.24) is 15.5 Å². The van der Waals surface area contributed by atoms with Crippen LogP contribution in [-0.4, -0.2) is 61.8 Å². The molecule has 2 aliphatic rings. The van der Waals surface area contributed by atoms with Crippen molar-refractivity contribution >= 4 is 29.9 Å². The number of piperidine rings is 1. The van der Waals surface area contributed by atoms with Crippen molar-refractivity contribution in [3.63, 3.8) is 0 Å². The highest BCUT2D eigenvalue weighted by molar-refractivity contribution is 14.0. The zero-order valence-corrected chi connectivity index (χ0v) is 20.0. The Morgan fingerprint density at radius 1 is 1.23 bits per heavy atom. The lowest BCUT2D eigenvalue weighted by molar-refractivity contribution is -0.113. The molecule has 0 bridgehead atoms. The molecule has 154 valence electrons. The number of nitrogens with one attached hydrogen (secondary N) is 2. The standard InChI is InChI=1S/C20H40N4O.HI/c1-7-8-13-25-18-14-17(20(18,4)5)23-19(21-6)22-16-9-11-24(12-10-16)15(2)3;/h15-18H,7-14H2,1-6H3,(H2,21,22,23);1H.